The van der Waals surface area contributed by atoms with E-state index in [-0.39, 0.29) is 18.5 Å². The van der Waals surface area contributed by atoms with Gasteiger partial charge in [-0.15, -0.1) is 0 Å². The molecule has 0 radical (unpaired) electrons. The summed E-state index contributed by atoms with van der Waals surface area (Å²) in [7, 11) is 0. The van der Waals surface area contributed by atoms with Gasteiger partial charge in [0.05, 0.1) is 25.4 Å². The minimum Gasteiger partial charge on any atom is -0.466 e. The lowest BCUT2D eigenvalue weighted by atomic mass is 10.0. The lowest BCUT2D eigenvalue weighted by molar-refractivity contribution is -0.143. The van der Waals surface area contributed by atoms with E-state index < -0.39 is 12.1 Å². The summed E-state index contributed by atoms with van der Waals surface area (Å²) in [5.41, 5.74) is 0. The summed E-state index contributed by atoms with van der Waals surface area (Å²) in [6, 6.07) is -0.626. The highest BCUT2D eigenvalue weighted by atomic mass is 16.5. The quantitative estimate of drug-likeness (QED) is 0.0320. The highest BCUT2D eigenvalue weighted by molar-refractivity contribution is 5.76. The maximum absolute atomic E-state index is 12.5. The molecule has 0 rings (SSSR count). The summed E-state index contributed by atoms with van der Waals surface area (Å²) >= 11 is 0. The molecule has 0 saturated carbocycles. The van der Waals surface area contributed by atoms with Gasteiger partial charge in [0.1, 0.15) is 0 Å². The first kappa shape index (κ1) is 82.6. The van der Waals surface area contributed by atoms with Crippen LogP contribution >= 0.6 is 0 Å². The molecule has 0 bridgehead atoms. The van der Waals surface area contributed by atoms with Crippen molar-refractivity contribution in [2.75, 3.05) is 13.2 Å². The minimum atomic E-state index is -0.843. The van der Waals surface area contributed by atoms with Crippen LogP contribution in [0.3, 0.4) is 0 Å². The summed E-state index contributed by atoms with van der Waals surface area (Å²) in [6.45, 7) is 4.97. The molecule has 0 aliphatic rings. The average Bonchev–Trinajstić information content (AvgIpc) is 3.52. The largest absolute Gasteiger partial charge is 0.466 e. The smallest absolute Gasteiger partial charge is 0.305 e. The molecule has 0 fully saturated rings. The van der Waals surface area contributed by atoms with Gasteiger partial charge in [0.2, 0.25) is 5.91 Å². The number of aliphatic hydroxyl groups is 2. The molecule has 0 spiro atoms. The van der Waals surface area contributed by atoms with Crippen LogP contribution in [0.2, 0.25) is 0 Å². The zero-order chi connectivity index (χ0) is 60.6. The molecule has 0 aliphatic carbocycles. The zero-order valence-corrected chi connectivity index (χ0v) is 57.4. The van der Waals surface area contributed by atoms with E-state index in [1.807, 2.05) is 6.08 Å². The molecule has 2 unspecified atom stereocenters. The van der Waals surface area contributed by atoms with Crippen LogP contribution in [0.4, 0.5) is 0 Å². The second-order valence-corrected chi connectivity index (χ2v) is 27.1. The Morgan fingerprint density at radius 1 is 0.321 bits per heavy atom. The lowest BCUT2D eigenvalue weighted by Gasteiger charge is -2.20. The molecule has 6 heteroatoms. The number of allylic oxidation sites excluding steroid dienone is 1. The van der Waals surface area contributed by atoms with E-state index in [9.17, 15) is 19.8 Å². The van der Waals surface area contributed by atoms with E-state index in [0.717, 1.165) is 38.5 Å². The second kappa shape index (κ2) is 74.1. The summed E-state index contributed by atoms with van der Waals surface area (Å²) < 4.78 is 5.52. The van der Waals surface area contributed by atoms with Crippen LogP contribution in [0, 0.1) is 0 Å². The molecule has 2 atom stereocenters. The summed E-state index contributed by atoms with van der Waals surface area (Å²) in [5, 5.41) is 23.3. The summed E-state index contributed by atoms with van der Waals surface area (Å²) in [6.07, 6.45) is 93.2. The molecule has 3 N–H and O–H groups in total. The fourth-order valence-corrected chi connectivity index (χ4v) is 12.6. The van der Waals surface area contributed by atoms with Crippen molar-refractivity contribution < 1.29 is 24.5 Å². The first-order chi connectivity index (χ1) is 41.5. The molecular formula is C78H153NO5. The Kier molecular flexibility index (Phi) is 72.8. The van der Waals surface area contributed by atoms with Crippen molar-refractivity contribution in [3.63, 3.8) is 0 Å². The third-order valence-electron chi connectivity index (χ3n) is 18.6. The van der Waals surface area contributed by atoms with E-state index in [0.29, 0.717) is 19.4 Å². The SMILES string of the molecule is CCCCCCCCCCCCCCCCCCCCCC/C=C/C(O)C(CO)NC(=O)CCCCCCCCCCCCCCCCCCCCCCCCCCCCCOC(=O)CCCCCCCCCCCCCCCCCCCC. The van der Waals surface area contributed by atoms with E-state index in [2.05, 4.69) is 19.2 Å². The number of carbonyl (C=O) groups excluding carboxylic acids is 2. The molecule has 0 aromatic heterocycles. The number of carbonyl (C=O) groups is 2. The van der Waals surface area contributed by atoms with Crippen LogP contribution in [-0.2, 0) is 14.3 Å². The Balaban J connectivity index is 3.35. The second-order valence-electron chi connectivity index (χ2n) is 27.1. The van der Waals surface area contributed by atoms with Crippen LogP contribution in [0.25, 0.3) is 0 Å². The van der Waals surface area contributed by atoms with Gasteiger partial charge in [0, 0.05) is 12.8 Å². The van der Waals surface area contributed by atoms with E-state index in [1.165, 1.54) is 385 Å². The zero-order valence-electron chi connectivity index (χ0n) is 57.4. The van der Waals surface area contributed by atoms with Crippen molar-refractivity contribution in [1.82, 2.24) is 5.32 Å². The molecule has 0 heterocycles. The Morgan fingerprint density at radius 3 is 0.810 bits per heavy atom. The number of ether oxygens (including phenoxy) is 1. The number of hydrogen-bond donors (Lipinski definition) is 3. The number of esters is 1. The van der Waals surface area contributed by atoms with E-state index in [1.54, 1.807) is 6.08 Å². The Morgan fingerprint density at radius 2 is 0.548 bits per heavy atom. The topological polar surface area (TPSA) is 95.9 Å². The van der Waals surface area contributed by atoms with Crippen LogP contribution in [0.15, 0.2) is 12.2 Å². The van der Waals surface area contributed by atoms with Gasteiger partial charge < -0.3 is 20.3 Å². The van der Waals surface area contributed by atoms with Crippen LogP contribution in [0.5, 0.6) is 0 Å². The Labute approximate surface area is 527 Å². The highest BCUT2D eigenvalue weighted by Crippen LogP contribution is 2.20. The van der Waals surface area contributed by atoms with Gasteiger partial charge in [-0.2, -0.15) is 0 Å². The van der Waals surface area contributed by atoms with Crippen LogP contribution < -0.4 is 5.32 Å². The molecule has 1 amide bonds. The van der Waals surface area contributed by atoms with Gasteiger partial charge in [-0.05, 0) is 32.1 Å². The number of hydrogen-bond acceptors (Lipinski definition) is 5. The monoisotopic (exact) mass is 1180 g/mol. The first-order valence-corrected chi connectivity index (χ1v) is 39.0. The molecule has 0 aromatic carbocycles. The van der Waals surface area contributed by atoms with Crippen molar-refractivity contribution in [3.05, 3.63) is 12.2 Å². The molecule has 0 saturated heterocycles. The number of aliphatic hydroxyl groups excluding tert-OH is 2. The van der Waals surface area contributed by atoms with Crippen molar-refractivity contribution in [3.8, 4) is 0 Å². The van der Waals surface area contributed by atoms with Crippen LogP contribution in [0.1, 0.15) is 450 Å². The van der Waals surface area contributed by atoms with Crippen molar-refractivity contribution in [2.24, 2.45) is 0 Å². The maximum atomic E-state index is 12.5. The third kappa shape index (κ3) is 69.7. The Hall–Kier alpha value is -1.40. The third-order valence-corrected chi connectivity index (χ3v) is 18.6. The normalized spacial score (nSPS) is 12.5. The number of rotatable bonds is 74. The molecule has 0 aromatic rings. The van der Waals surface area contributed by atoms with Crippen molar-refractivity contribution in [1.29, 1.82) is 0 Å². The number of amides is 1. The number of nitrogens with one attached hydrogen (secondary N) is 1. The Bertz CT molecular complexity index is 1270. The first-order valence-electron chi connectivity index (χ1n) is 39.0. The summed E-state index contributed by atoms with van der Waals surface area (Å²) in [5.74, 6) is -0.0364. The van der Waals surface area contributed by atoms with Gasteiger partial charge in [-0.3, -0.25) is 9.59 Å². The predicted molar refractivity (Wildman–Crippen MR) is 370 cm³/mol. The predicted octanol–water partition coefficient (Wildman–Crippen LogP) is 25.5. The molecule has 84 heavy (non-hydrogen) atoms. The van der Waals surface area contributed by atoms with Crippen LogP contribution in [-0.4, -0.2) is 47.4 Å². The van der Waals surface area contributed by atoms with Gasteiger partial charge in [0.25, 0.3) is 0 Å². The molecule has 0 aliphatic heterocycles. The van der Waals surface area contributed by atoms with Crippen molar-refractivity contribution >= 4 is 11.9 Å². The fourth-order valence-electron chi connectivity index (χ4n) is 12.6. The highest BCUT2D eigenvalue weighted by Gasteiger charge is 2.18. The molecule has 6 nitrogen and oxygen atoms in total. The molecule has 500 valence electrons. The van der Waals surface area contributed by atoms with E-state index >= 15 is 0 Å². The van der Waals surface area contributed by atoms with E-state index in [4.69, 9.17) is 4.74 Å². The summed E-state index contributed by atoms with van der Waals surface area (Å²) in [4.78, 5) is 24.7. The van der Waals surface area contributed by atoms with Gasteiger partial charge in [-0.1, -0.05) is 418 Å². The lowest BCUT2D eigenvalue weighted by Crippen LogP contribution is -2.45. The minimum absolute atomic E-state index is 0.0235. The maximum Gasteiger partial charge on any atom is 0.305 e. The number of unbranched alkanes of at least 4 members (excludes halogenated alkanes) is 63. The van der Waals surface area contributed by atoms with Crippen molar-refractivity contribution in [2.45, 2.75) is 463 Å². The van der Waals surface area contributed by atoms with Gasteiger partial charge in [0.15, 0.2) is 0 Å². The molecular weight excluding hydrogens is 1030 g/mol. The fraction of sp³-hybridized carbons (Fsp3) is 0.949. The average molecular weight is 1190 g/mol. The standard InChI is InChI=1S/C78H153NO5/c1-3-5-7-9-11-13-15-17-19-21-23-24-32-35-38-42-46-50-54-58-62-66-70-76(81)75(74-80)79-77(82)71-67-63-59-55-51-47-43-39-36-33-30-28-26-25-27-29-31-34-37-41-45-49-53-57-61-65-69-73-84-78(83)72-68-64-60-56-52-48-44-40-22-20-18-16-14-12-10-8-6-4-2/h66,70,75-76,80-81H,3-65,67-69,71-74H2,1-2H3,(H,79,82)/b70-66+. The van der Waals surface area contributed by atoms with Gasteiger partial charge >= 0.3 is 5.97 Å². The van der Waals surface area contributed by atoms with Gasteiger partial charge in [-0.25, -0.2) is 0 Å².